The van der Waals surface area contributed by atoms with Gasteiger partial charge in [0, 0.05) is 64.3 Å². The number of hydrogen-bond donors (Lipinski definition) is 1. The topological polar surface area (TPSA) is 65.9 Å². The van der Waals surface area contributed by atoms with Gasteiger partial charge in [0.25, 0.3) is 0 Å². The van der Waals surface area contributed by atoms with Crippen LogP contribution in [0.4, 0.5) is 5.13 Å². The van der Waals surface area contributed by atoms with Crippen molar-refractivity contribution in [3.8, 4) is 0 Å². The minimum atomic E-state index is 0. The highest BCUT2D eigenvalue weighted by Gasteiger charge is 2.22. The number of rotatable bonds is 8. The average molecular weight is 545 g/mol. The van der Waals surface area contributed by atoms with Crippen molar-refractivity contribution in [2.45, 2.75) is 39.8 Å². The van der Waals surface area contributed by atoms with Crippen LogP contribution in [-0.2, 0) is 24.3 Å². The third-order valence-electron chi connectivity index (χ3n) is 5.00. The average Bonchev–Trinajstić information content (AvgIpc) is 3.25. The van der Waals surface area contributed by atoms with Crippen molar-refractivity contribution in [1.29, 1.82) is 0 Å². The first-order valence-electron chi connectivity index (χ1n) is 10.4. The second-order valence-electron chi connectivity index (χ2n) is 7.04. The van der Waals surface area contributed by atoms with Crippen LogP contribution in [0.5, 0.6) is 0 Å². The van der Waals surface area contributed by atoms with Crippen molar-refractivity contribution in [2.24, 2.45) is 4.99 Å². The quantitative estimate of drug-likeness (QED) is 0.238. The Morgan fingerprint density at radius 3 is 2.53 bits per heavy atom. The van der Waals surface area contributed by atoms with E-state index in [1.807, 2.05) is 7.05 Å². The molecular weight excluding hydrogens is 511 g/mol. The first-order chi connectivity index (χ1) is 14.2. The summed E-state index contributed by atoms with van der Waals surface area (Å²) < 4.78 is 10.1. The molecule has 1 aromatic heterocycles. The maximum absolute atomic E-state index is 5.74. The van der Waals surface area contributed by atoms with Crippen LogP contribution in [0.3, 0.4) is 0 Å². The van der Waals surface area contributed by atoms with E-state index in [4.69, 9.17) is 4.74 Å². The van der Waals surface area contributed by atoms with Gasteiger partial charge < -0.3 is 19.9 Å². The number of hydrogen-bond acceptors (Lipinski definition) is 6. The van der Waals surface area contributed by atoms with E-state index in [0.29, 0.717) is 6.61 Å². The van der Waals surface area contributed by atoms with Gasteiger partial charge >= 0.3 is 0 Å². The fourth-order valence-electron chi connectivity index (χ4n) is 3.33. The number of aliphatic imine (C=N–C) groups is 1. The zero-order chi connectivity index (χ0) is 20.5. The molecule has 0 spiro atoms. The van der Waals surface area contributed by atoms with E-state index >= 15 is 0 Å². The Morgan fingerprint density at radius 2 is 1.90 bits per heavy atom. The SMILES string of the molecule is CCCOCc1ccccc1CNC(=NC)N1CCN(c2nc(CC)ns2)CC1.I. The van der Waals surface area contributed by atoms with Crippen LogP contribution in [0.1, 0.15) is 37.2 Å². The van der Waals surface area contributed by atoms with Gasteiger partial charge in [0.15, 0.2) is 5.96 Å². The fraction of sp³-hybridized carbons (Fsp3) is 0.571. The Morgan fingerprint density at radius 1 is 1.17 bits per heavy atom. The zero-order valence-electron chi connectivity index (χ0n) is 18.1. The highest BCUT2D eigenvalue weighted by molar-refractivity contribution is 14.0. The van der Waals surface area contributed by atoms with Gasteiger partial charge in [0.2, 0.25) is 5.13 Å². The number of aromatic nitrogens is 2. The normalized spacial score (nSPS) is 14.6. The lowest BCUT2D eigenvalue weighted by molar-refractivity contribution is 0.121. The van der Waals surface area contributed by atoms with Crippen LogP contribution < -0.4 is 10.2 Å². The van der Waals surface area contributed by atoms with E-state index in [-0.39, 0.29) is 24.0 Å². The van der Waals surface area contributed by atoms with Gasteiger partial charge in [-0.2, -0.15) is 4.37 Å². The molecule has 1 N–H and O–H groups in total. The molecular formula is C21H33IN6OS. The molecule has 1 saturated heterocycles. The molecule has 3 rings (SSSR count). The Balaban J connectivity index is 0.00000320. The van der Waals surface area contributed by atoms with Gasteiger partial charge in [-0.3, -0.25) is 4.99 Å². The minimum absolute atomic E-state index is 0. The third-order valence-corrected chi connectivity index (χ3v) is 5.81. The van der Waals surface area contributed by atoms with Crippen molar-refractivity contribution in [1.82, 2.24) is 19.6 Å². The molecule has 30 heavy (non-hydrogen) atoms. The summed E-state index contributed by atoms with van der Waals surface area (Å²) in [7, 11) is 1.85. The smallest absolute Gasteiger partial charge is 0.205 e. The molecule has 1 aromatic carbocycles. The van der Waals surface area contributed by atoms with E-state index in [0.717, 1.165) is 69.1 Å². The lowest BCUT2D eigenvalue weighted by atomic mass is 10.1. The number of nitrogens with one attached hydrogen (secondary N) is 1. The number of guanidine groups is 1. The molecule has 2 aromatic rings. The molecule has 0 saturated carbocycles. The number of anilines is 1. The largest absolute Gasteiger partial charge is 0.377 e. The summed E-state index contributed by atoms with van der Waals surface area (Å²) >= 11 is 1.50. The third kappa shape index (κ3) is 6.78. The maximum Gasteiger partial charge on any atom is 0.205 e. The molecule has 0 atom stereocenters. The lowest BCUT2D eigenvalue weighted by Gasteiger charge is -2.36. The molecule has 0 bridgehead atoms. The van der Waals surface area contributed by atoms with E-state index in [2.05, 4.69) is 67.6 Å². The maximum atomic E-state index is 5.74. The van der Waals surface area contributed by atoms with Crippen molar-refractivity contribution in [2.75, 3.05) is 44.7 Å². The lowest BCUT2D eigenvalue weighted by Crippen LogP contribution is -2.52. The van der Waals surface area contributed by atoms with Crippen molar-refractivity contribution in [3.63, 3.8) is 0 Å². The number of aryl methyl sites for hydroxylation is 1. The summed E-state index contributed by atoms with van der Waals surface area (Å²) in [6, 6.07) is 8.44. The summed E-state index contributed by atoms with van der Waals surface area (Å²) in [5.74, 6) is 1.88. The summed E-state index contributed by atoms with van der Waals surface area (Å²) in [6.45, 7) is 10.1. The van der Waals surface area contributed by atoms with Crippen LogP contribution in [0.2, 0.25) is 0 Å². The monoisotopic (exact) mass is 544 g/mol. The molecule has 166 valence electrons. The predicted molar refractivity (Wildman–Crippen MR) is 135 cm³/mol. The number of halogens is 1. The molecule has 2 heterocycles. The first-order valence-corrected chi connectivity index (χ1v) is 11.2. The molecule has 0 unspecified atom stereocenters. The van der Waals surface area contributed by atoms with Crippen LogP contribution in [0.25, 0.3) is 0 Å². The Bertz CT molecular complexity index is 791. The predicted octanol–water partition coefficient (Wildman–Crippen LogP) is 3.54. The van der Waals surface area contributed by atoms with Crippen LogP contribution in [-0.4, -0.2) is 60.1 Å². The van der Waals surface area contributed by atoms with Gasteiger partial charge in [-0.25, -0.2) is 4.98 Å². The molecule has 0 aliphatic carbocycles. The van der Waals surface area contributed by atoms with E-state index in [1.54, 1.807) is 0 Å². The molecule has 7 nitrogen and oxygen atoms in total. The second kappa shape index (κ2) is 13.1. The van der Waals surface area contributed by atoms with Gasteiger partial charge in [-0.15, -0.1) is 24.0 Å². The zero-order valence-corrected chi connectivity index (χ0v) is 21.3. The number of piperazine rings is 1. The van der Waals surface area contributed by atoms with Gasteiger partial charge in [-0.05, 0) is 17.5 Å². The van der Waals surface area contributed by atoms with E-state index < -0.39 is 0 Å². The van der Waals surface area contributed by atoms with Gasteiger partial charge in [-0.1, -0.05) is 38.1 Å². The highest BCUT2D eigenvalue weighted by atomic mass is 127. The number of benzene rings is 1. The first kappa shape index (κ1) is 24.8. The molecule has 1 fully saturated rings. The Kier molecular flexibility index (Phi) is 10.8. The summed E-state index contributed by atoms with van der Waals surface area (Å²) in [5.41, 5.74) is 2.49. The Labute approximate surface area is 201 Å². The van der Waals surface area contributed by atoms with Crippen LogP contribution in [0, 0.1) is 0 Å². The number of nitrogens with zero attached hydrogens (tertiary/aromatic N) is 5. The minimum Gasteiger partial charge on any atom is -0.377 e. The van der Waals surface area contributed by atoms with Gasteiger partial charge in [0.05, 0.1) is 6.61 Å². The van der Waals surface area contributed by atoms with E-state index in [1.165, 1.54) is 22.7 Å². The van der Waals surface area contributed by atoms with Crippen molar-refractivity contribution < 1.29 is 4.74 Å². The van der Waals surface area contributed by atoms with E-state index in [9.17, 15) is 0 Å². The summed E-state index contributed by atoms with van der Waals surface area (Å²) in [6.07, 6.45) is 1.92. The highest BCUT2D eigenvalue weighted by Crippen LogP contribution is 2.19. The Hall–Kier alpha value is -1.46. The standard InChI is InChI=1S/C21H32N6OS.HI/c1-4-14-28-16-18-9-7-6-8-17(18)15-23-20(22-3)26-10-12-27(13-11-26)21-24-19(5-2)25-29-21;/h6-9H,4-5,10-16H2,1-3H3,(H,22,23);1H. The second-order valence-corrected chi connectivity index (χ2v) is 7.77. The van der Waals surface area contributed by atoms with Gasteiger partial charge in [0.1, 0.15) is 5.82 Å². The van der Waals surface area contributed by atoms with Crippen LogP contribution >= 0.6 is 35.5 Å². The summed E-state index contributed by atoms with van der Waals surface area (Å²) in [5, 5.41) is 4.56. The van der Waals surface area contributed by atoms with Crippen LogP contribution in [0.15, 0.2) is 29.3 Å². The fourth-order valence-corrected chi connectivity index (χ4v) is 4.13. The molecule has 1 aliphatic rings. The number of ether oxygens (including phenoxy) is 1. The summed E-state index contributed by atoms with van der Waals surface area (Å²) in [4.78, 5) is 13.8. The molecule has 0 amide bonds. The molecule has 1 aliphatic heterocycles. The van der Waals surface area contributed by atoms with Crippen molar-refractivity contribution in [3.05, 3.63) is 41.2 Å². The molecule has 9 heteroatoms. The van der Waals surface area contributed by atoms with Crippen molar-refractivity contribution >= 4 is 46.6 Å². The molecule has 0 radical (unpaired) electrons.